The van der Waals surface area contributed by atoms with Crippen LogP contribution in [0.4, 0.5) is 0 Å². The Morgan fingerprint density at radius 2 is 2.25 bits per heavy atom. The van der Waals surface area contributed by atoms with Crippen molar-refractivity contribution >= 4 is 11.6 Å². The number of rotatable bonds is 7. The molecule has 0 aromatic carbocycles. The lowest BCUT2D eigenvalue weighted by atomic mass is 10.2. The number of hydrogen-bond donors (Lipinski definition) is 1. The van der Waals surface area contributed by atoms with Crippen LogP contribution in [0, 0.1) is 6.92 Å². The van der Waals surface area contributed by atoms with Gasteiger partial charge in [0.2, 0.25) is 0 Å². The molecule has 0 saturated carbocycles. The number of aromatic nitrogens is 3. The highest BCUT2D eigenvalue weighted by Crippen LogP contribution is 2.20. The van der Waals surface area contributed by atoms with Gasteiger partial charge < -0.3 is 14.6 Å². The summed E-state index contributed by atoms with van der Waals surface area (Å²) in [6.07, 6.45) is 2.07. The van der Waals surface area contributed by atoms with E-state index >= 15 is 0 Å². The second-order valence-corrected chi connectivity index (χ2v) is 5.13. The van der Waals surface area contributed by atoms with Gasteiger partial charge in [0, 0.05) is 44.7 Å². The number of methoxy groups -OCH3 is 1. The van der Waals surface area contributed by atoms with Gasteiger partial charge in [-0.25, -0.2) is 0 Å². The van der Waals surface area contributed by atoms with E-state index in [2.05, 4.69) is 27.2 Å². The van der Waals surface area contributed by atoms with Crippen LogP contribution in [0.25, 0.3) is 0 Å². The second kappa shape index (κ2) is 6.92. The highest BCUT2D eigenvalue weighted by atomic mass is 35.5. The third-order valence-electron chi connectivity index (χ3n) is 3.31. The summed E-state index contributed by atoms with van der Waals surface area (Å²) < 4.78 is 8.93. The molecule has 1 N–H and O–H groups in total. The van der Waals surface area contributed by atoms with Crippen LogP contribution in [0.3, 0.4) is 0 Å². The third kappa shape index (κ3) is 3.42. The molecule has 0 fully saturated rings. The zero-order valence-corrected chi connectivity index (χ0v) is 12.9. The molecule has 0 radical (unpaired) electrons. The molecule has 2 aromatic heterocycles. The number of ether oxygens (including phenoxy) is 1. The van der Waals surface area contributed by atoms with Crippen molar-refractivity contribution in [2.24, 2.45) is 7.05 Å². The fourth-order valence-corrected chi connectivity index (χ4v) is 2.41. The van der Waals surface area contributed by atoms with Crippen LogP contribution >= 0.6 is 11.6 Å². The number of nitrogens with zero attached hydrogens (tertiary/aromatic N) is 3. The van der Waals surface area contributed by atoms with Gasteiger partial charge in [0.1, 0.15) is 5.15 Å². The minimum Gasteiger partial charge on any atom is -0.383 e. The molecular weight excluding hydrogens is 276 g/mol. The van der Waals surface area contributed by atoms with Gasteiger partial charge in [0.15, 0.2) is 0 Å². The van der Waals surface area contributed by atoms with Crippen LogP contribution in [0.15, 0.2) is 18.3 Å². The number of hydrogen-bond acceptors (Lipinski definition) is 3. The van der Waals surface area contributed by atoms with Crippen LogP contribution in [0.2, 0.25) is 5.15 Å². The smallest absolute Gasteiger partial charge is 0.131 e. The van der Waals surface area contributed by atoms with Crippen molar-refractivity contribution in [2.45, 2.75) is 20.0 Å². The molecule has 0 bridgehead atoms. The largest absolute Gasteiger partial charge is 0.383 e. The highest BCUT2D eigenvalue weighted by molar-refractivity contribution is 6.30. The second-order valence-electron chi connectivity index (χ2n) is 4.78. The average molecular weight is 297 g/mol. The van der Waals surface area contributed by atoms with Gasteiger partial charge in [-0.2, -0.15) is 5.10 Å². The molecule has 110 valence electrons. The summed E-state index contributed by atoms with van der Waals surface area (Å²) in [5.41, 5.74) is 3.27. The van der Waals surface area contributed by atoms with Gasteiger partial charge in [-0.1, -0.05) is 11.6 Å². The van der Waals surface area contributed by atoms with E-state index in [0.29, 0.717) is 11.8 Å². The Kier molecular flexibility index (Phi) is 5.23. The van der Waals surface area contributed by atoms with Crippen LogP contribution < -0.4 is 5.32 Å². The molecule has 6 heteroatoms. The maximum Gasteiger partial charge on any atom is 0.131 e. The number of halogens is 1. The maximum absolute atomic E-state index is 6.28. The Bertz CT molecular complexity index is 562. The topological polar surface area (TPSA) is 44.0 Å². The van der Waals surface area contributed by atoms with Crippen molar-refractivity contribution in [1.82, 2.24) is 19.7 Å². The first-order valence-electron chi connectivity index (χ1n) is 6.65. The summed E-state index contributed by atoms with van der Waals surface area (Å²) in [5, 5.41) is 8.40. The normalized spacial score (nSPS) is 11.2. The Balaban J connectivity index is 2.05. The maximum atomic E-state index is 6.28. The first kappa shape index (κ1) is 15.1. The van der Waals surface area contributed by atoms with E-state index < -0.39 is 0 Å². The Morgan fingerprint density at radius 1 is 1.45 bits per heavy atom. The van der Waals surface area contributed by atoms with E-state index in [-0.39, 0.29) is 0 Å². The predicted molar refractivity (Wildman–Crippen MR) is 80.1 cm³/mol. The monoisotopic (exact) mass is 296 g/mol. The molecule has 0 aliphatic rings. The fraction of sp³-hybridized carbons (Fsp3) is 0.500. The molecule has 0 spiro atoms. The molecule has 0 saturated heterocycles. The minimum atomic E-state index is 0.703. The van der Waals surface area contributed by atoms with Gasteiger partial charge >= 0.3 is 0 Å². The Morgan fingerprint density at radius 3 is 2.90 bits per heavy atom. The first-order chi connectivity index (χ1) is 9.63. The van der Waals surface area contributed by atoms with Gasteiger partial charge in [-0.15, -0.1) is 0 Å². The minimum absolute atomic E-state index is 0.703. The van der Waals surface area contributed by atoms with E-state index in [1.54, 1.807) is 11.8 Å². The first-order valence-corrected chi connectivity index (χ1v) is 7.03. The van der Waals surface area contributed by atoms with Crippen LogP contribution in [0.1, 0.15) is 17.0 Å². The lowest BCUT2D eigenvalue weighted by Crippen LogP contribution is -2.20. The summed E-state index contributed by atoms with van der Waals surface area (Å²) in [6, 6.07) is 4.16. The molecule has 0 amide bonds. The lowest BCUT2D eigenvalue weighted by Gasteiger charge is -2.10. The number of aryl methyl sites for hydroxylation is 2. The summed E-state index contributed by atoms with van der Waals surface area (Å²) in [5.74, 6) is 0. The molecule has 0 aliphatic heterocycles. The lowest BCUT2D eigenvalue weighted by molar-refractivity contribution is 0.199. The molecule has 0 unspecified atom stereocenters. The fourth-order valence-electron chi connectivity index (χ4n) is 2.18. The summed E-state index contributed by atoms with van der Waals surface area (Å²) in [6.45, 7) is 5.10. The molecule has 20 heavy (non-hydrogen) atoms. The van der Waals surface area contributed by atoms with Gasteiger partial charge in [0.25, 0.3) is 0 Å². The molecule has 5 nitrogen and oxygen atoms in total. The molecular formula is C14H21ClN4O. The van der Waals surface area contributed by atoms with Crippen molar-refractivity contribution in [3.63, 3.8) is 0 Å². The van der Waals surface area contributed by atoms with E-state index in [1.165, 1.54) is 5.69 Å². The van der Waals surface area contributed by atoms with Crippen LogP contribution in [-0.4, -0.2) is 34.6 Å². The van der Waals surface area contributed by atoms with E-state index in [4.69, 9.17) is 16.3 Å². The van der Waals surface area contributed by atoms with Crippen LogP contribution in [0.5, 0.6) is 0 Å². The van der Waals surface area contributed by atoms with Gasteiger partial charge in [-0.3, -0.25) is 4.68 Å². The zero-order chi connectivity index (χ0) is 14.5. The summed E-state index contributed by atoms with van der Waals surface area (Å²) in [7, 11) is 3.57. The Hall–Kier alpha value is -1.30. The zero-order valence-electron chi connectivity index (χ0n) is 12.2. The predicted octanol–water partition coefficient (Wildman–Crippen LogP) is 1.97. The molecule has 2 heterocycles. The van der Waals surface area contributed by atoms with E-state index in [9.17, 15) is 0 Å². The average Bonchev–Trinajstić information content (AvgIpc) is 2.95. The highest BCUT2D eigenvalue weighted by Gasteiger charge is 2.12. The Labute approximate surface area is 124 Å². The summed E-state index contributed by atoms with van der Waals surface area (Å²) >= 11 is 6.28. The van der Waals surface area contributed by atoms with Gasteiger partial charge in [-0.05, 0) is 19.1 Å². The van der Waals surface area contributed by atoms with Crippen molar-refractivity contribution in [2.75, 3.05) is 20.3 Å². The van der Waals surface area contributed by atoms with Crippen molar-refractivity contribution < 1.29 is 4.74 Å². The third-order valence-corrected chi connectivity index (χ3v) is 3.78. The van der Waals surface area contributed by atoms with Gasteiger partial charge in [0.05, 0.1) is 18.8 Å². The van der Waals surface area contributed by atoms with Crippen molar-refractivity contribution in [1.29, 1.82) is 0 Å². The SMILES string of the molecule is COCCNCc1cccn1Cc1c(C)nn(C)c1Cl. The number of nitrogens with one attached hydrogen (secondary N) is 1. The summed E-state index contributed by atoms with van der Waals surface area (Å²) in [4.78, 5) is 0. The molecule has 0 aliphatic carbocycles. The molecule has 2 aromatic rings. The quantitative estimate of drug-likeness (QED) is 0.795. The van der Waals surface area contributed by atoms with Crippen LogP contribution in [-0.2, 0) is 24.9 Å². The van der Waals surface area contributed by atoms with E-state index in [0.717, 1.165) is 30.9 Å². The standard InChI is InChI=1S/C14H21ClN4O/c1-11-13(14(15)18(2)17-11)10-19-7-4-5-12(19)9-16-6-8-20-3/h4-5,7,16H,6,8-10H2,1-3H3. The molecule has 2 rings (SSSR count). The van der Waals surface area contributed by atoms with Crippen molar-refractivity contribution in [3.05, 3.63) is 40.4 Å². The van der Waals surface area contributed by atoms with Crippen molar-refractivity contribution in [3.8, 4) is 0 Å². The van der Waals surface area contributed by atoms with E-state index in [1.807, 2.05) is 20.0 Å². The molecule has 0 atom stereocenters.